The number of ether oxygens (including phenoxy) is 1. The lowest BCUT2D eigenvalue weighted by Gasteiger charge is -2.18. The number of rotatable bonds is 9. The summed E-state index contributed by atoms with van der Waals surface area (Å²) in [5, 5.41) is 6.64. The van der Waals surface area contributed by atoms with Gasteiger partial charge in [0.05, 0.1) is 13.2 Å². The van der Waals surface area contributed by atoms with Crippen molar-refractivity contribution in [1.82, 2.24) is 15.5 Å². The second-order valence-corrected chi connectivity index (χ2v) is 6.22. The summed E-state index contributed by atoms with van der Waals surface area (Å²) in [5.74, 6) is 1.62. The van der Waals surface area contributed by atoms with Crippen LogP contribution >= 0.6 is 24.0 Å². The van der Waals surface area contributed by atoms with Gasteiger partial charge in [0.15, 0.2) is 5.96 Å². The normalized spacial score (nSPS) is 19.3. The lowest BCUT2D eigenvalue weighted by molar-refractivity contribution is 0.128. The Bertz CT molecular complexity index is 300. The van der Waals surface area contributed by atoms with Crippen molar-refractivity contribution in [2.24, 2.45) is 10.9 Å². The molecule has 1 rings (SSSR count). The Morgan fingerprint density at radius 2 is 2.09 bits per heavy atom. The first kappa shape index (κ1) is 21.9. The van der Waals surface area contributed by atoms with E-state index in [0.717, 1.165) is 45.2 Å². The maximum atomic E-state index is 5.61. The van der Waals surface area contributed by atoms with Gasteiger partial charge in [0.1, 0.15) is 0 Å². The monoisotopic (exact) mass is 426 g/mol. The molecule has 132 valence electrons. The highest BCUT2D eigenvalue weighted by Gasteiger charge is 2.20. The number of hydrogen-bond donors (Lipinski definition) is 2. The molecule has 0 saturated carbocycles. The number of nitrogens with zero attached hydrogens (tertiary/aromatic N) is 2. The van der Waals surface area contributed by atoms with Gasteiger partial charge in [0.2, 0.25) is 0 Å². The number of hydrogen-bond acceptors (Lipinski definition) is 3. The summed E-state index contributed by atoms with van der Waals surface area (Å²) >= 11 is 0. The lowest BCUT2D eigenvalue weighted by atomic mass is 10.1. The minimum Gasteiger partial charge on any atom is -0.380 e. The third-order valence-corrected chi connectivity index (χ3v) is 3.85. The van der Waals surface area contributed by atoms with Crippen LogP contribution in [0.1, 0.15) is 40.0 Å². The van der Waals surface area contributed by atoms with Crippen molar-refractivity contribution in [2.75, 3.05) is 46.4 Å². The Kier molecular flexibility index (Phi) is 13.3. The molecule has 0 radical (unpaired) electrons. The van der Waals surface area contributed by atoms with Gasteiger partial charge in [-0.25, -0.2) is 0 Å². The van der Waals surface area contributed by atoms with Crippen LogP contribution in [0.15, 0.2) is 4.99 Å². The van der Waals surface area contributed by atoms with Gasteiger partial charge in [-0.15, -0.1) is 24.0 Å². The van der Waals surface area contributed by atoms with Crippen LogP contribution in [-0.4, -0.2) is 63.3 Å². The van der Waals surface area contributed by atoms with Crippen molar-refractivity contribution in [3.63, 3.8) is 0 Å². The van der Waals surface area contributed by atoms with E-state index in [1.165, 1.54) is 19.4 Å². The molecule has 1 aliphatic heterocycles. The van der Waals surface area contributed by atoms with Crippen LogP contribution in [0.5, 0.6) is 0 Å². The average Bonchev–Trinajstić information content (AvgIpc) is 2.85. The van der Waals surface area contributed by atoms with E-state index in [4.69, 9.17) is 4.74 Å². The number of nitrogens with one attached hydrogen (secondary N) is 2. The highest BCUT2D eigenvalue weighted by atomic mass is 127. The Morgan fingerprint density at radius 3 is 2.68 bits per heavy atom. The topological polar surface area (TPSA) is 48.9 Å². The number of likely N-dealkylation sites (N-methyl/N-ethyl adjacent to an activating group) is 1. The van der Waals surface area contributed by atoms with Crippen molar-refractivity contribution in [1.29, 1.82) is 0 Å². The molecule has 0 aliphatic carbocycles. The first-order valence-electron chi connectivity index (χ1n) is 8.43. The van der Waals surface area contributed by atoms with Crippen LogP contribution in [0.2, 0.25) is 0 Å². The van der Waals surface area contributed by atoms with Crippen LogP contribution in [0, 0.1) is 5.92 Å². The molecule has 0 amide bonds. The molecule has 2 N–H and O–H groups in total. The second kappa shape index (κ2) is 13.4. The zero-order chi connectivity index (χ0) is 15.5. The zero-order valence-electron chi connectivity index (χ0n) is 14.7. The minimum atomic E-state index is 0. The van der Waals surface area contributed by atoms with Crippen molar-refractivity contribution in [3.05, 3.63) is 0 Å². The Labute approximate surface area is 153 Å². The largest absolute Gasteiger partial charge is 0.380 e. The molecule has 1 atom stereocenters. The standard InChI is InChI=1S/C16H34N4O.HI/c1-5-17-16(18-9-12-21-11-8-14(2)3)19-13-15-7-6-10-20(15)4;/h14-15H,5-13H2,1-4H3,(H2,17,18,19);1H. The van der Waals surface area contributed by atoms with Crippen LogP contribution in [0.4, 0.5) is 0 Å². The van der Waals surface area contributed by atoms with Crippen LogP contribution < -0.4 is 10.6 Å². The van der Waals surface area contributed by atoms with Gasteiger partial charge in [-0.1, -0.05) is 13.8 Å². The summed E-state index contributed by atoms with van der Waals surface area (Å²) in [6.07, 6.45) is 3.68. The maximum absolute atomic E-state index is 5.61. The van der Waals surface area contributed by atoms with E-state index in [2.05, 4.69) is 48.3 Å². The van der Waals surface area contributed by atoms with E-state index in [-0.39, 0.29) is 24.0 Å². The fourth-order valence-electron chi connectivity index (χ4n) is 2.41. The SMILES string of the molecule is CCNC(=NCC1CCCN1C)NCCOCCC(C)C.I. The molecule has 1 saturated heterocycles. The third-order valence-electron chi connectivity index (χ3n) is 3.85. The molecule has 6 heteroatoms. The smallest absolute Gasteiger partial charge is 0.191 e. The third kappa shape index (κ3) is 9.84. The Hall–Kier alpha value is -0.0800. The first-order valence-corrected chi connectivity index (χ1v) is 8.43. The van der Waals surface area contributed by atoms with Gasteiger partial charge in [-0.3, -0.25) is 4.99 Å². The van der Waals surface area contributed by atoms with Gasteiger partial charge < -0.3 is 20.3 Å². The highest BCUT2D eigenvalue weighted by Crippen LogP contribution is 2.14. The van der Waals surface area contributed by atoms with E-state index in [9.17, 15) is 0 Å². The summed E-state index contributed by atoms with van der Waals surface area (Å²) in [5.41, 5.74) is 0. The maximum Gasteiger partial charge on any atom is 0.191 e. The molecule has 0 aromatic carbocycles. The van der Waals surface area contributed by atoms with Crippen LogP contribution in [0.25, 0.3) is 0 Å². The van der Waals surface area contributed by atoms with Crippen molar-refractivity contribution in [3.8, 4) is 0 Å². The van der Waals surface area contributed by atoms with Crippen molar-refractivity contribution < 1.29 is 4.74 Å². The number of guanidine groups is 1. The predicted octanol–water partition coefficient (Wildman–Crippen LogP) is 2.32. The van der Waals surface area contributed by atoms with Gasteiger partial charge in [-0.05, 0) is 45.7 Å². The van der Waals surface area contributed by atoms with Gasteiger partial charge in [0, 0.05) is 25.7 Å². The predicted molar refractivity (Wildman–Crippen MR) is 105 cm³/mol. The minimum absolute atomic E-state index is 0. The lowest BCUT2D eigenvalue weighted by Crippen LogP contribution is -2.40. The number of likely N-dealkylation sites (tertiary alicyclic amines) is 1. The summed E-state index contributed by atoms with van der Waals surface area (Å²) in [6, 6.07) is 0.600. The van der Waals surface area contributed by atoms with Gasteiger partial charge in [-0.2, -0.15) is 0 Å². The molecule has 0 aromatic rings. The molecule has 0 aromatic heterocycles. The van der Waals surface area contributed by atoms with E-state index < -0.39 is 0 Å². The molecule has 1 heterocycles. The van der Waals surface area contributed by atoms with Gasteiger partial charge in [0.25, 0.3) is 0 Å². The fourth-order valence-corrected chi connectivity index (χ4v) is 2.41. The molecular formula is C16H35IN4O. The summed E-state index contributed by atoms with van der Waals surface area (Å²) in [4.78, 5) is 7.09. The van der Waals surface area contributed by atoms with E-state index in [1.54, 1.807) is 0 Å². The Morgan fingerprint density at radius 1 is 1.32 bits per heavy atom. The summed E-state index contributed by atoms with van der Waals surface area (Å²) in [6.45, 7) is 11.9. The quantitative estimate of drug-likeness (QED) is 0.257. The second-order valence-electron chi connectivity index (χ2n) is 6.22. The Balaban J connectivity index is 0.00000441. The summed E-state index contributed by atoms with van der Waals surface area (Å²) in [7, 11) is 2.19. The highest BCUT2D eigenvalue weighted by molar-refractivity contribution is 14.0. The van der Waals surface area contributed by atoms with E-state index >= 15 is 0 Å². The average molecular weight is 426 g/mol. The molecule has 1 unspecified atom stereocenters. The first-order chi connectivity index (χ1) is 10.1. The van der Waals surface area contributed by atoms with Crippen molar-refractivity contribution in [2.45, 2.75) is 46.1 Å². The van der Waals surface area contributed by atoms with Crippen LogP contribution in [0.3, 0.4) is 0 Å². The molecule has 0 bridgehead atoms. The fraction of sp³-hybridized carbons (Fsp3) is 0.938. The van der Waals surface area contributed by atoms with Crippen LogP contribution in [-0.2, 0) is 4.74 Å². The number of halogens is 1. The molecule has 1 aliphatic rings. The van der Waals surface area contributed by atoms with E-state index in [1.807, 2.05) is 0 Å². The summed E-state index contributed by atoms with van der Waals surface area (Å²) < 4.78 is 5.61. The number of aliphatic imine (C=N–C) groups is 1. The van der Waals surface area contributed by atoms with Gasteiger partial charge >= 0.3 is 0 Å². The molecule has 1 fully saturated rings. The molecule has 22 heavy (non-hydrogen) atoms. The molecule has 0 spiro atoms. The zero-order valence-corrected chi connectivity index (χ0v) is 17.1. The van der Waals surface area contributed by atoms with E-state index in [0.29, 0.717) is 12.0 Å². The molecule has 5 nitrogen and oxygen atoms in total. The molecular weight excluding hydrogens is 391 g/mol. The van der Waals surface area contributed by atoms with Crippen molar-refractivity contribution >= 4 is 29.9 Å².